The van der Waals surface area contributed by atoms with E-state index in [1.165, 1.54) is 70.6 Å². The van der Waals surface area contributed by atoms with Gasteiger partial charge in [-0.2, -0.15) is 0 Å². The number of aliphatic hydroxyl groups excluding tert-OH is 1. The molecule has 9 unspecified atom stereocenters. The van der Waals surface area contributed by atoms with Crippen molar-refractivity contribution in [2.24, 2.45) is 51.2 Å². The molecule has 2 spiro atoms. The van der Waals surface area contributed by atoms with Crippen LogP contribution in [0.4, 0.5) is 4.79 Å². The van der Waals surface area contributed by atoms with Gasteiger partial charge in [0.2, 0.25) is 0 Å². The maximum atomic E-state index is 11.7. The molecule has 1 saturated heterocycles. The zero-order valence-electron chi connectivity index (χ0n) is 24.2. The zero-order chi connectivity index (χ0) is 26.2. The van der Waals surface area contributed by atoms with Crippen molar-refractivity contribution in [1.29, 1.82) is 0 Å². The second-order valence-electron chi connectivity index (χ2n) is 15.5. The van der Waals surface area contributed by atoms with E-state index < -0.39 is 0 Å². The predicted octanol–water partition coefficient (Wildman–Crippen LogP) is 6.72. The number of alkyl carbamates (subject to hydrolysis) is 1. The summed E-state index contributed by atoms with van der Waals surface area (Å²) in [6, 6.07) is 0. The fourth-order valence-electron chi connectivity index (χ4n) is 12.2. The molecule has 5 heteroatoms. The van der Waals surface area contributed by atoms with E-state index >= 15 is 0 Å². The maximum Gasteiger partial charge on any atom is 0.406 e. The van der Waals surface area contributed by atoms with Gasteiger partial charge in [-0.15, -0.1) is 0 Å². The van der Waals surface area contributed by atoms with E-state index in [2.05, 4.69) is 33.0 Å². The Morgan fingerprint density at radius 2 is 1.70 bits per heavy atom. The largest absolute Gasteiger partial charge is 0.447 e. The minimum Gasteiger partial charge on any atom is -0.447 e. The molecule has 0 aromatic rings. The van der Waals surface area contributed by atoms with Crippen molar-refractivity contribution in [3.8, 4) is 0 Å². The summed E-state index contributed by atoms with van der Waals surface area (Å²) in [5.41, 5.74) is 1.37. The molecule has 0 aromatic heterocycles. The first-order valence-electron chi connectivity index (χ1n) is 15.7. The van der Waals surface area contributed by atoms with E-state index in [0.717, 1.165) is 24.7 Å². The molecular formula is C32H53NO4. The average Bonchev–Trinajstić information content (AvgIpc) is 2.91. The van der Waals surface area contributed by atoms with E-state index in [1.54, 1.807) is 7.05 Å². The number of hydrogen-bond donors (Lipinski definition) is 2. The van der Waals surface area contributed by atoms with Crippen LogP contribution in [-0.4, -0.2) is 43.2 Å². The number of nitrogens with one attached hydrogen (secondary N) is 1. The van der Waals surface area contributed by atoms with Crippen molar-refractivity contribution < 1.29 is 19.4 Å². The van der Waals surface area contributed by atoms with Crippen LogP contribution in [0.15, 0.2) is 0 Å². The highest BCUT2D eigenvalue weighted by atomic mass is 16.6. The third kappa shape index (κ3) is 3.94. The Morgan fingerprint density at radius 3 is 2.46 bits per heavy atom. The predicted molar refractivity (Wildman–Crippen MR) is 145 cm³/mol. The second-order valence-corrected chi connectivity index (χ2v) is 15.5. The van der Waals surface area contributed by atoms with Crippen LogP contribution in [0.1, 0.15) is 111 Å². The second kappa shape index (κ2) is 9.11. The molecule has 6 saturated carbocycles. The summed E-state index contributed by atoms with van der Waals surface area (Å²) in [5, 5.41) is 13.7. The van der Waals surface area contributed by atoms with Crippen LogP contribution >= 0.6 is 0 Å². The molecule has 1 aliphatic heterocycles. The zero-order valence-corrected chi connectivity index (χ0v) is 24.2. The number of carbonyl (C=O) groups excluding carboxylic acids is 1. The first-order chi connectivity index (χ1) is 17.5. The summed E-state index contributed by atoms with van der Waals surface area (Å²) < 4.78 is 12.2. The van der Waals surface area contributed by atoms with E-state index in [1.807, 2.05) is 0 Å². The van der Waals surface area contributed by atoms with Crippen LogP contribution in [0.25, 0.3) is 0 Å². The molecule has 2 bridgehead atoms. The molecule has 0 aromatic carbocycles. The highest BCUT2D eigenvalue weighted by Gasteiger charge is 2.69. The number of ether oxygens (including phenoxy) is 2. The lowest BCUT2D eigenvalue weighted by atomic mass is 9.40. The molecule has 7 fully saturated rings. The normalized spacial score (nSPS) is 52.4. The summed E-state index contributed by atoms with van der Waals surface area (Å²) in [6.45, 7) is 10.2. The monoisotopic (exact) mass is 515 g/mol. The molecule has 7 aliphatic rings. The van der Waals surface area contributed by atoms with Gasteiger partial charge in [0, 0.05) is 7.05 Å². The van der Waals surface area contributed by atoms with Gasteiger partial charge in [0.1, 0.15) is 6.61 Å². The van der Waals surface area contributed by atoms with E-state index in [9.17, 15) is 9.90 Å². The molecule has 2 N–H and O–H groups in total. The summed E-state index contributed by atoms with van der Waals surface area (Å²) in [4.78, 5) is 11.7. The minimum absolute atomic E-state index is 0.0191. The Morgan fingerprint density at radius 1 is 0.973 bits per heavy atom. The van der Waals surface area contributed by atoms with Crippen molar-refractivity contribution in [3.63, 3.8) is 0 Å². The Labute approximate surface area is 225 Å². The summed E-state index contributed by atoms with van der Waals surface area (Å²) in [7, 11) is 1.62. The van der Waals surface area contributed by atoms with Crippen LogP contribution < -0.4 is 5.32 Å². The van der Waals surface area contributed by atoms with Crippen molar-refractivity contribution >= 4 is 6.09 Å². The lowest BCUT2D eigenvalue weighted by molar-refractivity contribution is -0.160. The minimum atomic E-state index is -0.358. The molecule has 37 heavy (non-hydrogen) atoms. The summed E-state index contributed by atoms with van der Waals surface area (Å²) in [5.74, 6) is 3.40. The lowest BCUT2D eigenvalue weighted by Gasteiger charge is -2.64. The van der Waals surface area contributed by atoms with Gasteiger partial charge in [-0.25, -0.2) is 4.79 Å². The number of fused-ring (bicyclic) bond motifs is 4. The number of carbonyl (C=O) groups is 1. The van der Waals surface area contributed by atoms with Crippen molar-refractivity contribution in [3.05, 3.63) is 0 Å². The van der Waals surface area contributed by atoms with Crippen LogP contribution in [0.3, 0.4) is 0 Å². The highest BCUT2D eigenvalue weighted by molar-refractivity contribution is 5.66. The first kappa shape index (κ1) is 26.4. The van der Waals surface area contributed by atoms with E-state index in [4.69, 9.17) is 9.47 Å². The van der Waals surface area contributed by atoms with Crippen molar-refractivity contribution in [1.82, 2.24) is 5.32 Å². The van der Waals surface area contributed by atoms with Gasteiger partial charge in [0.15, 0.2) is 0 Å². The van der Waals surface area contributed by atoms with Gasteiger partial charge < -0.3 is 19.9 Å². The molecule has 5 nitrogen and oxygen atoms in total. The van der Waals surface area contributed by atoms with E-state index in [-0.39, 0.29) is 23.7 Å². The number of aliphatic hydroxyl groups is 1. The van der Waals surface area contributed by atoms with Crippen LogP contribution in [0, 0.1) is 51.2 Å². The molecule has 1 heterocycles. The average molecular weight is 516 g/mol. The Balaban J connectivity index is 1.28. The topological polar surface area (TPSA) is 67.8 Å². The third-order valence-corrected chi connectivity index (χ3v) is 13.5. The van der Waals surface area contributed by atoms with Crippen molar-refractivity contribution in [2.45, 2.75) is 129 Å². The van der Waals surface area contributed by atoms with Gasteiger partial charge in [0.25, 0.3) is 0 Å². The lowest BCUT2D eigenvalue weighted by Crippen LogP contribution is -2.57. The maximum absolute atomic E-state index is 11.7. The summed E-state index contributed by atoms with van der Waals surface area (Å²) >= 11 is 0. The molecule has 210 valence electrons. The molecule has 0 radical (unpaired) electrons. The molecule has 7 rings (SSSR count). The Bertz CT molecular complexity index is 880. The molecular weight excluding hydrogens is 462 g/mol. The Kier molecular flexibility index (Phi) is 6.51. The van der Waals surface area contributed by atoms with Gasteiger partial charge >= 0.3 is 6.09 Å². The van der Waals surface area contributed by atoms with E-state index in [0.29, 0.717) is 46.7 Å². The molecule has 1 amide bonds. The van der Waals surface area contributed by atoms with Crippen molar-refractivity contribution in [2.75, 3.05) is 13.7 Å². The van der Waals surface area contributed by atoms with Crippen LogP contribution in [0.5, 0.6) is 0 Å². The third-order valence-electron chi connectivity index (χ3n) is 13.5. The summed E-state index contributed by atoms with van der Waals surface area (Å²) in [6.07, 6.45) is 16.6. The number of rotatable bonds is 2. The fourth-order valence-corrected chi connectivity index (χ4v) is 12.2. The highest BCUT2D eigenvalue weighted by Crippen LogP contribution is 2.77. The molecule has 6 aliphatic carbocycles. The van der Waals surface area contributed by atoms with Crippen LogP contribution in [0.2, 0.25) is 0 Å². The van der Waals surface area contributed by atoms with Gasteiger partial charge in [0.05, 0.1) is 18.3 Å². The van der Waals surface area contributed by atoms with Crippen LogP contribution in [-0.2, 0) is 9.47 Å². The smallest absolute Gasteiger partial charge is 0.406 e. The molecule has 9 atom stereocenters. The Hall–Kier alpha value is -0.810. The standard InChI is InChI=1S/C32H53NO4/c1-20-15-21(17-36-28(35)33-5)37-24-16-23-22-10-11-25-29(2,3)26(34)9-8-14-32(25)18-31(22,19-32)13-7-6-12-30(23,4)27(20)24/h20-27,34H,6-19H2,1-5H3,(H,33,35). The van der Waals surface area contributed by atoms with Gasteiger partial charge in [-0.05, 0) is 115 Å². The fraction of sp³-hybridized carbons (Fsp3) is 0.969. The van der Waals surface area contributed by atoms with Gasteiger partial charge in [-0.3, -0.25) is 0 Å². The number of amides is 1. The number of hydrogen-bond acceptors (Lipinski definition) is 4. The van der Waals surface area contributed by atoms with Gasteiger partial charge in [-0.1, -0.05) is 47.0 Å². The quantitative estimate of drug-likeness (QED) is 0.429. The first-order valence-corrected chi connectivity index (χ1v) is 15.7. The SMILES string of the molecule is CNC(=O)OCC1CC(C)C2C(CC3C4CCC5C6(CCCC(O)C5(C)C)CC4(CCCCC32C)C6)O1.